The quantitative estimate of drug-likeness (QED) is 0.181. The minimum absolute atomic E-state index is 0.0450. The number of carbonyl (C=O) groups is 2. The molecule has 0 spiro atoms. The Morgan fingerprint density at radius 2 is 1.46 bits per heavy atom. The Hall–Kier alpha value is -4.14. The van der Waals surface area contributed by atoms with Gasteiger partial charge in [-0.2, -0.15) is 0 Å². The minimum Gasteiger partial charge on any atom is -0.352 e. The normalized spacial score (nSPS) is 14.1. The summed E-state index contributed by atoms with van der Waals surface area (Å²) in [4.78, 5) is 30.3. The van der Waals surface area contributed by atoms with Crippen LogP contribution in [0.5, 0.6) is 0 Å². The average Bonchev–Trinajstić information content (AvgIpc) is 3.56. The molecular weight excluding hydrogens is 618 g/mol. The summed E-state index contributed by atoms with van der Waals surface area (Å²) in [6, 6.07) is 29.5. The Morgan fingerprint density at radius 3 is 2.11 bits per heavy atom. The molecule has 1 aliphatic rings. The molecule has 0 saturated heterocycles. The van der Waals surface area contributed by atoms with E-state index in [0.717, 1.165) is 42.4 Å². The molecular formula is C37H40ClN3O4S. The summed E-state index contributed by atoms with van der Waals surface area (Å²) < 4.78 is 29.6. The van der Waals surface area contributed by atoms with Crippen LogP contribution in [0.25, 0.3) is 0 Å². The molecule has 0 heterocycles. The second kappa shape index (κ2) is 15.0. The first kappa shape index (κ1) is 33.2. The molecule has 1 saturated carbocycles. The molecule has 0 unspecified atom stereocenters. The Morgan fingerprint density at radius 1 is 0.826 bits per heavy atom. The third-order valence-electron chi connectivity index (χ3n) is 8.51. The van der Waals surface area contributed by atoms with Gasteiger partial charge in [0, 0.05) is 24.0 Å². The summed E-state index contributed by atoms with van der Waals surface area (Å²) in [6.07, 6.45) is 4.15. The van der Waals surface area contributed by atoms with Crippen LogP contribution in [0.1, 0.15) is 47.9 Å². The molecule has 1 atom stereocenters. The third-order valence-corrected chi connectivity index (χ3v) is 10.5. The van der Waals surface area contributed by atoms with E-state index < -0.39 is 28.5 Å². The minimum atomic E-state index is -4.16. The monoisotopic (exact) mass is 657 g/mol. The zero-order valence-corrected chi connectivity index (χ0v) is 27.8. The smallest absolute Gasteiger partial charge is 0.264 e. The van der Waals surface area contributed by atoms with Crippen molar-refractivity contribution in [2.24, 2.45) is 0 Å². The predicted molar refractivity (Wildman–Crippen MR) is 183 cm³/mol. The van der Waals surface area contributed by atoms with Crippen LogP contribution in [-0.4, -0.2) is 43.8 Å². The van der Waals surface area contributed by atoms with Crippen LogP contribution >= 0.6 is 11.6 Å². The first-order chi connectivity index (χ1) is 22.1. The number of para-hydroxylation sites is 1. The van der Waals surface area contributed by atoms with Gasteiger partial charge in [0.15, 0.2) is 0 Å². The van der Waals surface area contributed by atoms with Gasteiger partial charge in [0.2, 0.25) is 11.8 Å². The molecule has 4 aromatic rings. The number of benzene rings is 4. The lowest BCUT2D eigenvalue weighted by atomic mass is 10.0. The molecule has 1 N–H and O–H groups in total. The van der Waals surface area contributed by atoms with Gasteiger partial charge < -0.3 is 10.2 Å². The first-order valence-electron chi connectivity index (χ1n) is 15.6. The maximum atomic E-state index is 14.6. The van der Waals surface area contributed by atoms with E-state index in [1.54, 1.807) is 48.5 Å². The van der Waals surface area contributed by atoms with Gasteiger partial charge in [-0.25, -0.2) is 8.42 Å². The highest BCUT2D eigenvalue weighted by atomic mass is 35.5. The standard InChI is InChI=1S/C37H40ClN3O4S/c1-27-16-22-33(23-17-27)46(44,45)41(34-15-9-6-10-28(34)2)26-36(42)40(25-30-18-20-31(38)21-19-30)35(24-29-11-4-3-5-12-29)37(43)39-32-13-7-8-14-32/h3-6,9-12,15-23,32,35H,7-8,13-14,24-26H2,1-2H3,(H,39,43)/t35-/m1/s1. The summed E-state index contributed by atoms with van der Waals surface area (Å²) >= 11 is 6.18. The molecule has 1 aliphatic carbocycles. The maximum absolute atomic E-state index is 14.6. The zero-order valence-electron chi connectivity index (χ0n) is 26.2. The van der Waals surface area contributed by atoms with E-state index in [9.17, 15) is 18.0 Å². The molecule has 7 nitrogen and oxygen atoms in total. The first-order valence-corrected chi connectivity index (χ1v) is 17.5. The molecule has 2 amide bonds. The van der Waals surface area contributed by atoms with E-state index in [1.165, 1.54) is 9.21 Å². The topological polar surface area (TPSA) is 86.8 Å². The lowest BCUT2D eigenvalue weighted by molar-refractivity contribution is -0.140. The van der Waals surface area contributed by atoms with Gasteiger partial charge in [0.25, 0.3) is 10.0 Å². The van der Waals surface area contributed by atoms with Crippen LogP contribution in [-0.2, 0) is 32.6 Å². The van der Waals surface area contributed by atoms with E-state index >= 15 is 0 Å². The number of carbonyl (C=O) groups excluding carboxylic acids is 2. The number of hydrogen-bond donors (Lipinski definition) is 1. The van der Waals surface area contributed by atoms with Crippen LogP contribution < -0.4 is 9.62 Å². The van der Waals surface area contributed by atoms with E-state index in [1.807, 2.05) is 68.4 Å². The summed E-state index contributed by atoms with van der Waals surface area (Å²) in [5.74, 6) is -0.738. The summed E-state index contributed by atoms with van der Waals surface area (Å²) in [7, 11) is -4.16. The Balaban J connectivity index is 1.57. The number of amides is 2. The van der Waals surface area contributed by atoms with Gasteiger partial charge in [-0.3, -0.25) is 13.9 Å². The van der Waals surface area contributed by atoms with Crippen molar-refractivity contribution in [3.63, 3.8) is 0 Å². The van der Waals surface area contributed by atoms with Crippen molar-refractivity contribution in [3.8, 4) is 0 Å². The molecule has 9 heteroatoms. The van der Waals surface area contributed by atoms with E-state index in [4.69, 9.17) is 11.6 Å². The Labute approximate surface area is 277 Å². The van der Waals surface area contributed by atoms with Crippen molar-refractivity contribution < 1.29 is 18.0 Å². The predicted octanol–water partition coefficient (Wildman–Crippen LogP) is 6.85. The molecule has 1 fully saturated rings. The van der Waals surface area contributed by atoms with Gasteiger partial charge in [-0.1, -0.05) is 103 Å². The van der Waals surface area contributed by atoms with Crippen molar-refractivity contribution in [3.05, 3.63) is 130 Å². The Bertz CT molecular complexity index is 1740. The second-order valence-corrected chi connectivity index (χ2v) is 14.3. The highest BCUT2D eigenvalue weighted by Crippen LogP contribution is 2.28. The van der Waals surface area contributed by atoms with Crippen LogP contribution in [0, 0.1) is 13.8 Å². The highest BCUT2D eigenvalue weighted by molar-refractivity contribution is 7.92. The summed E-state index contributed by atoms with van der Waals surface area (Å²) in [6.45, 7) is 3.31. The van der Waals surface area contributed by atoms with Gasteiger partial charge in [0.05, 0.1) is 10.6 Å². The van der Waals surface area contributed by atoms with Crippen LogP contribution in [0.15, 0.2) is 108 Å². The number of anilines is 1. The fourth-order valence-corrected chi connectivity index (χ4v) is 7.51. The van der Waals surface area contributed by atoms with Crippen molar-refractivity contribution in [1.82, 2.24) is 10.2 Å². The molecule has 240 valence electrons. The number of hydrogen-bond acceptors (Lipinski definition) is 4. The number of aryl methyl sites for hydroxylation is 2. The second-order valence-electron chi connectivity index (χ2n) is 12.0. The average molecular weight is 658 g/mol. The van der Waals surface area contributed by atoms with E-state index in [-0.39, 0.29) is 29.8 Å². The van der Waals surface area contributed by atoms with Crippen LogP contribution in [0.3, 0.4) is 0 Å². The number of halogens is 1. The molecule has 46 heavy (non-hydrogen) atoms. The van der Waals surface area contributed by atoms with Gasteiger partial charge in [0.1, 0.15) is 12.6 Å². The van der Waals surface area contributed by atoms with Crippen molar-refractivity contribution >= 4 is 39.1 Å². The molecule has 0 radical (unpaired) electrons. The lowest BCUT2D eigenvalue weighted by Gasteiger charge is -2.34. The Kier molecular flexibility index (Phi) is 10.8. The lowest BCUT2D eigenvalue weighted by Crippen LogP contribution is -2.54. The van der Waals surface area contributed by atoms with Gasteiger partial charge in [-0.05, 0) is 73.7 Å². The molecule has 5 rings (SSSR count). The number of rotatable bonds is 12. The maximum Gasteiger partial charge on any atom is 0.264 e. The molecule has 0 bridgehead atoms. The van der Waals surface area contributed by atoms with E-state index in [2.05, 4.69) is 5.32 Å². The number of nitrogens with one attached hydrogen (secondary N) is 1. The van der Waals surface area contributed by atoms with Crippen molar-refractivity contribution in [1.29, 1.82) is 0 Å². The number of nitrogens with zero attached hydrogens (tertiary/aromatic N) is 2. The van der Waals surface area contributed by atoms with Crippen LogP contribution in [0.2, 0.25) is 5.02 Å². The third kappa shape index (κ3) is 8.17. The highest BCUT2D eigenvalue weighted by Gasteiger charge is 2.36. The van der Waals surface area contributed by atoms with Crippen LogP contribution in [0.4, 0.5) is 5.69 Å². The SMILES string of the molecule is Cc1ccc(S(=O)(=O)N(CC(=O)N(Cc2ccc(Cl)cc2)[C@H](Cc2ccccc2)C(=O)NC2CCCC2)c2ccccc2C)cc1. The number of sulfonamides is 1. The fourth-order valence-electron chi connectivity index (χ4n) is 5.90. The summed E-state index contributed by atoms with van der Waals surface area (Å²) in [5.41, 5.74) is 3.69. The molecule has 0 aromatic heterocycles. The largest absolute Gasteiger partial charge is 0.352 e. The van der Waals surface area contributed by atoms with Gasteiger partial charge >= 0.3 is 0 Å². The van der Waals surface area contributed by atoms with Crippen molar-refractivity contribution in [2.75, 3.05) is 10.8 Å². The molecule has 4 aromatic carbocycles. The summed E-state index contributed by atoms with van der Waals surface area (Å²) in [5, 5.41) is 3.75. The van der Waals surface area contributed by atoms with Gasteiger partial charge in [-0.15, -0.1) is 0 Å². The van der Waals surface area contributed by atoms with Crippen molar-refractivity contribution in [2.45, 2.75) is 69.5 Å². The zero-order chi connectivity index (χ0) is 32.7. The van der Waals surface area contributed by atoms with E-state index in [0.29, 0.717) is 16.3 Å². The molecule has 0 aliphatic heterocycles. The fraction of sp³-hybridized carbons (Fsp3) is 0.297.